The molecule has 0 atom stereocenters. The summed E-state index contributed by atoms with van der Waals surface area (Å²) in [5.74, 6) is 0. The highest BCUT2D eigenvalue weighted by Crippen LogP contribution is 2.47. The number of halogens is 6. The summed E-state index contributed by atoms with van der Waals surface area (Å²) in [6, 6.07) is 65.8. The Bertz CT molecular complexity index is 4770. The fourth-order valence-electron chi connectivity index (χ4n) is 13.0. The van der Waals surface area contributed by atoms with Gasteiger partial charge in [0.15, 0.2) is 0 Å². The molecular weight excluding hydrogens is 1080 g/mol. The van der Waals surface area contributed by atoms with E-state index in [4.69, 9.17) is 0 Å². The predicted molar refractivity (Wildman–Crippen MR) is 340 cm³/mol. The molecule has 13 rings (SSSR count). The molecule has 0 saturated heterocycles. The second-order valence-electron chi connectivity index (χ2n) is 23.2. The van der Waals surface area contributed by atoms with Crippen LogP contribution in [0.3, 0.4) is 0 Å². The lowest BCUT2D eigenvalue weighted by Crippen LogP contribution is -2.11. The van der Waals surface area contributed by atoms with E-state index in [-0.39, 0.29) is 17.2 Å². The number of nitriles is 1. The van der Waals surface area contributed by atoms with Gasteiger partial charge in [-0.1, -0.05) is 131 Å². The molecule has 86 heavy (non-hydrogen) atoms. The minimum Gasteiger partial charge on any atom is -0.309 e. The molecule has 2 heterocycles. The Morgan fingerprint density at radius 1 is 0.291 bits per heavy atom. The number of hydrogen-bond acceptors (Lipinski definition) is 1. The highest BCUT2D eigenvalue weighted by molar-refractivity contribution is 6.14. The molecule has 0 bridgehead atoms. The van der Waals surface area contributed by atoms with Gasteiger partial charge < -0.3 is 9.13 Å². The molecule has 0 saturated carbocycles. The summed E-state index contributed by atoms with van der Waals surface area (Å²) in [6.07, 6.45) is -10.2. The van der Waals surface area contributed by atoms with Crippen molar-refractivity contribution in [2.75, 3.05) is 0 Å². The third kappa shape index (κ3) is 9.69. The van der Waals surface area contributed by atoms with Crippen LogP contribution in [0.5, 0.6) is 0 Å². The molecule has 9 heteroatoms. The maximum absolute atomic E-state index is 14.7. The third-order valence-electron chi connectivity index (χ3n) is 17.1. The predicted octanol–water partition coefficient (Wildman–Crippen LogP) is 22.3. The van der Waals surface area contributed by atoms with Crippen molar-refractivity contribution in [3.05, 3.63) is 261 Å². The molecule has 0 N–H and O–H groups in total. The van der Waals surface area contributed by atoms with E-state index >= 15 is 0 Å². The van der Waals surface area contributed by atoms with Crippen molar-refractivity contribution in [3.63, 3.8) is 0 Å². The van der Waals surface area contributed by atoms with E-state index in [0.717, 1.165) is 145 Å². The number of benzene rings is 11. The monoisotopic (exact) mass is 1140 g/mol. The van der Waals surface area contributed by atoms with E-state index in [1.165, 1.54) is 0 Å². The number of aromatic nitrogens is 2. The van der Waals surface area contributed by atoms with Gasteiger partial charge in [-0.05, 0) is 224 Å². The first-order valence-corrected chi connectivity index (χ1v) is 28.6. The van der Waals surface area contributed by atoms with Crippen LogP contribution in [0, 0.1) is 66.7 Å². The van der Waals surface area contributed by atoms with Crippen LogP contribution in [0.2, 0.25) is 0 Å². The minimum atomic E-state index is -5.08. The Labute approximate surface area is 495 Å². The average Bonchev–Trinajstić information content (AvgIpc) is 1.58. The smallest absolute Gasteiger partial charge is 0.309 e. The average molecular weight is 1140 g/mol. The van der Waals surface area contributed by atoms with Gasteiger partial charge in [-0.2, -0.15) is 31.6 Å². The van der Waals surface area contributed by atoms with Gasteiger partial charge in [0.05, 0.1) is 56.2 Å². The van der Waals surface area contributed by atoms with Crippen LogP contribution in [0.25, 0.3) is 122 Å². The molecule has 3 nitrogen and oxygen atoms in total. The third-order valence-corrected chi connectivity index (χ3v) is 17.1. The Hall–Kier alpha value is -9.91. The molecule has 0 spiro atoms. The lowest BCUT2D eigenvalue weighted by atomic mass is 9.93. The van der Waals surface area contributed by atoms with E-state index in [0.29, 0.717) is 28.1 Å². The molecule has 2 aromatic heterocycles. The minimum absolute atomic E-state index is 0.129. The van der Waals surface area contributed by atoms with Crippen molar-refractivity contribution < 1.29 is 26.3 Å². The Morgan fingerprint density at radius 2 is 0.628 bits per heavy atom. The fraction of sp³-hybridized carbons (Fsp3) is 0.130. The molecule has 0 aliphatic heterocycles. The second-order valence-corrected chi connectivity index (χ2v) is 23.2. The SMILES string of the molecule is Cc1ccc(-c2ccc3c(c2)c2cc(-c4ccc(C)cc4C)ccc2n3-c2ccc(-c3cc(C(F)(F)F)cc(C(F)(F)F)c3)cc2-c2ccc(C#N)cc2-n2c3ccc(-c4ccc(C)cc4C)cc3c3cc(-c4ccc(C)cc4C)ccc32)c(C)c1. The van der Waals surface area contributed by atoms with Crippen LogP contribution in [0.4, 0.5) is 26.3 Å². The van der Waals surface area contributed by atoms with Crippen molar-refractivity contribution in [2.24, 2.45) is 0 Å². The zero-order chi connectivity index (χ0) is 60.2. The summed E-state index contributed by atoms with van der Waals surface area (Å²) in [5, 5.41) is 14.6. The highest BCUT2D eigenvalue weighted by Gasteiger charge is 2.37. The second kappa shape index (κ2) is 20.7. The maximum atomic E-state index is 14.7. The van der Waals surface area contributed by atoms with E-state index in [2.05, 4.69) is 216 Å². The topological polar surface area (TPSA) is 33.6 Å². The number of alkyl halides is 6. The number of fused-ring (bicyclic) bond motifs is 6. The fourth-order valence-corrected chi connectivity index (χ4v) is 13.0. The highest BCUT2D eigenvalue weighted by atomic mass is 19.4. The van der Waals surface area contributed by atoms with Crippen molar-refractivity contribution in [1.82, 2.24) is 9.13 Å². The number of nitrogens with zero attached hydrogens (tertiary/aromatic N) is 3. The molecule has 0 aliphatic rings. The molecule has 422 valence electrons. The summed E-state index contributed by atoms with van der Waals surface area (Å²) >= 11 is 0. The molecule has 0 aliphatic carbocycles. The first-order chi connectivity index (χ1) is 41.1. The van der Waals surface area contributed by atoms with Crippen molar-refractivity contribution >= 4 is 43.6 Å². The molecule has 0 fully saturated rings. The van der Waals surface area contributed by atoms with Gasteiger partial charge in [-0.15, -0.1) is 0 Å². The molecule has 11 aromatic carbocycles. The maximum Gasteiger partial charge on any atom is 0.416 e. The standard InChI is InChI=1S/C77H57F6N3/c1-43-9-19-60(47(5)29-43)53-15-25-71-66(37-53)67-38-54(61-20-10-44(2)30-48(61)6)16-26-72(67)85(71)70-24-14-52(57-34-58(76(78,79)80)41-59(35-57)77(81,82)83)36-65(70)64-23-13-51(42-84)33-75(64)86-73-27-17-55(62-21-11-45(3)31-49(62)7)39-68(73)69-40-56(18-28-74(69)86)63-22-12-46(4)32-50(63)8/h9-41H,1-8H3. The Balaban J connectivity index is 1.14. The first kappa shape index (κ1) is 55.3. The van der Waals surface area contributed by atoms with E-state index in [1.54, 1.807) is 24.3 Å². The first-order valence-electron chi connectivity index (χ1n) is 28.6. The molecule has 13 aromatic rings. The van der Waals surface area contributed by atoms with Crippen LogP contribution in [0.15, 0.2) is 200 Å². The quantitative estimate of drug-likeness (QED) is 0.140. The summed E-state index contributed by atoms with van der Waals surface area (Å²) < 4.78 is 92.8. The number of rotatable bonds is 8. The van der Waals surface area contributed by atoms with Crippen LogP contribution in [0.1, 0.15) is 61.2 Å². The van der Waals surface area contributed by atoms with Gasteiger partial charge in [0.2, 0.25) is 0 Å². The van der Waals surface area contributed by atoms with Gasteiger partial charge >= 0.3 is 12.4 Å². The van der Waals surface area contributed by atoms with Crippen LogP contribution in [-0.4, -0.2) is 9.13 Å². The van der Waals surface area contributed by atoms with Gasteiger partial charge in [0.1, 0.15) is 0 Å². The normalized spacial score (nSPS) is 12.1. The summed E-state index contributed by atoms with van der Waals surface area (Å²) in [6.45, 7) is 16.7. The molecular formula is C77H57F6N3. The lowest BCUT2D eigenvalue weighted by Gasteiger charge is -2.21. The molecule has 0 radical (unpaired) electrons. The zero-order valence-corrected chi connectivity index (χ0v) is 48.7. The van der Waals surface area contributed by atoms with Crippen molar-refractivity contribution in [2.45, 2.75) is 67.7 Å². The van der Waals surface area contributed by atoms with E-state index < -0.39 is 23.5 Å². The number of hydrogen-bond donors (Lipinski definition) is 0. The molecule has 0 unspecified atom stereocenters. The zero-order valence-electron chi connectivity index (χ0n) is 48.7. The lowest BCUT2D eigenvalue weighted by molar-refractivity contribution is -0.143. The van der Waals surface area contributed by atoms with Crippen LogP contribution >= 0.6 is 0 Å². The summed E-state index contributed by atoms with van der Waals surface area (Å²) in [5.41, 5.74) is 20.3. The molecule has 0 amide bonds. The Kier molecular flexibility index (Phi) is 13.3. The number of aryl methyl sites for hydroxylation is 8. The van der Waals surface area contributed by atoms with Crippen molar-refractivity contribution in [1.29, 1.82) is 5.26 Å². The van der Waals surface area contributed by atoms with E-state index in [9.17, 15) is 31.6 Å². The van der Waals surface area contributed by atoms with Crippen LogP contribution < -0.4 is 0 Å². The largest absolute Gasteiger partial charge is 0.416 e. The summed E-state index contributed by atoms with van der Waals surface area (Å²) in [7, 11) is 0. The van der Waals surface area contributed by atoms with Gasteiger partial charge in [-0.25, -0.2) is 0 Å². The van der Waals surface area contributed by atoms with Crippen LogP contribution in [-0.2, 0) is 12.4 Å². The van der Waals surface area contributed by atoms with E-state index in [1.807, 2.05) is 12.1 Å². The van der Waals surface area contributed by atoms with Gasteiger partial charge in [0.25, 0.3) is 0 Å². The van der Waals surface area contributed by atoms with Crippen molar-refractivity contribution in [3.8, 4) is 84.2 Å². The Morgan fingerprint density at radius 3 is 0.965 bits per heavy atom. The summed E-state index contributed by atoms with van der Waals surface area (Å²) in [4.78, 5) is 0. The van der Waals surface area contributed by atoms with Gasteiger partial charge in [0, 0.05) is 32.7 Å². The van der Waals surface area contributed by atoms with Gasteiger partial charge in [-0.3, -0.25) is 0 Å².